The highest BCUT2D eigenvalue weighted by atomic mass is 19.3. The summed E-state index contributed by atoms with van der Waals surface area (Å²) in [5.74, 6) is -0.733. The standard InChI is InChI=1S/C7H7F2N3O3/c8-6(9)3-1-4(10)7(12(14)15)11-5(3)2-13/h1,6,13H,2,10H2. The molecule has 0 amide bonds. The van der Waals surface area contributed by atoms with E-state index in [1.165, 1.54) is 0 Å². The van der Waals surface area contributed by atoms with Crippen LogP contribution in [0.2, 0.25) is 0 Å². The van der Waals surface area contributed by atoms with Crippen molar-refractivity contribution in [2.75, 3.05) is 5.73 Å². The summed E-state index contributed by atoms with van der Waals surface area (Å²) in [5, 5.41) is 19.1. The molecule has 6 nitrogen and oxygen atoms in total. The zero-order valence-corrected chi connectivity index (χ0v) is 7.35. The Balaban J connectivity index is 3.35. The van der Waals surface area contributed by atoms with Gasteiger partial charge in [0.2, 0.25) is 0 Å². The van der Waals surface area contributed by atoms with Crippen molar-refractivity contribution in [1.82, 2.24) is 4.98 Å². The van der Waals surface area contributed by atoms with E-state index >= 15 is 0 Å². The lowest BCUT2D eigenvalue weighted by Crippen LogP contribution is -2.06. The topological polar surface area (TPSA) is 102 Å². The lowest BCUT2D eigenvalue weighted by molar-refractivity contribution is -0.388. The Labute approximate surface area is 82.5 Å². The fourth-order valence-electron chi connectivity index (χ4n) is 1.03. The first-order valence-corrected chi connectivity index (χ1v) is 3.80. The number of nitrogens with two attached hydrogens (primary N) is 1. The Morgan fingerprint density at radius 1 is 1.67 bits per heavy atom. The van der Waals surface area contributed by atoms with Crippen molar-refractivity contribution < 1.29 is 18.8 Å². The highest BCUT2D eigenvalue weighted by Gasteiger charge is 2.24. The number of hydrogen-bond donors (Lipinski definition) is 2. The number of anilines is 1. The molecule has 3 N–H and O–H groups in total. The Morgan fingerprint density at radius 2 is 2.27 bits per heavy atom. The van der Waals surface area contributed by atoms with Gasteiger partial charge in [0, 0.05) is 0 Å². The van der Waals surface area contributed by atoms with E-state index < -0.39 is 40.7 Å². The van der Waals surface area contributed by atoms with Crippen LogP contribution in [0.25, 0.3) is 0 Å². The number of aromatic nitrogens is 1. The van der Waals surface area contributed by atoms with Crippen LogP contribution in [-0.2, 0) is 6.61 Å². The normalized spacial score (nSPS) is 10.7. The van der Waals surface area contributed by atoms with E-state index in [0.29, 0.717) is 0 Å². The molecular weight excluding hydrogens is 212 g/mol. The number of hydrogen-bond acceptors (Lipinski definition) is 5. The Kier molecular flexibility index (Phi) is 3.10. The molecule has 82 valence electrons. The number of aliphatic hydroxyl groups excluding tert-OH is 1. The fourth-order valence-corrected chi connectivity index (χ4v) is 1.03. The van der Waals surface area contributed by atoms with E-state index in [2.05, 4.69) is 4.98 Å². The van der Waals surface area contributed by atoms with Crippen LogP contribution in [0.3, 0.4) is 0 Å². The van der Waals surface area contributed by atoms with Gasteiger partial charge in [0.05, 0.1) is 5.56 Å². The van der Waals surface area contributed by atoms with E-state index in [4.69, 9.17) is 10.8 Å². The summed E-state index contributed by atoms with van der Waals surface area (Å²) in [6, 6.07) is 0.751. The summed E-state index contributed by atoms with van der Waals surface area (Å²) in [6.45, 7) is -0.805. The van der Waals surface area contributed by atoms with Gasteiger partial charge in [0.25, 0.3) is 6.43 Å². The molecule has 0 aliphatic carbocycles. The van der Waals surface area contributed by atoms with E-state index in [9.17, 15) is 18.9 Å². The van der Waals surface area contributed by atoms with Gasteiger partial charge in [-0.05, 0) is 16.0 Å². The number of rotatable bonds is 3. The molecular formula is C7H7F2N3O3. The average molecular weight is 219 g/mol. The third-order valence-electron chi connectivity index (χ3n) is 1.70. The summed E-state index contributed by atoms with van der Waals surface area (Å²) < 4.78 is 24.7. The summed E-state index contributed by atoms with van der Waals surface area (Å²) in [4.78, 5) is 12.7. The van der Waals surface area contributed by atoms with Gasteiger partial charge in [-0.1, -0.05) is 0 Å². The first-order chi connectivity index (χ1) is 6.97. The molecule has 0 fully saturated rings. The van der Waals surface area contributed by atoms with Crippen LogP contribution in [0.15, 0.2) is 6.07 Å². The molecule has 1 heterocycles. The molecule has 0 saturated heterocycles. The number of nitro groups is 1. The predicted molar refractivity (Wildman–Crippen MR) is 46.2 cm³/mol. The maximum Gasteiger partial charge on any atom is 0.387 e. The minimum Gasteiger partial charge on any atom is -0.392 e. The van der Waals surface area contributed by atoms with Gasteiger partial charge in [0.15, 0.2) is 5.69 Å². The van der Waals surface area contributed by atoms with Crippen LogP contribution in [0.4, 0.5) is 20.3 Å². The third-order valence-corrected chi connectivity index (χ3v) is 1.70. The van der Waals surface area contributed by atoms with Crippen LogP contribution in [0, 0.1) is 10.1 Å². The van der Waals surface area contributed by atoms with E-state index in [-0.39, 0.29) is 0 Å². The first kappa shape index (κ1) is 11.2. The highest BCUT2D eigenvalue weighted by molar-refractivity contribution is 5.55. The zero-order valence-electron chi connectivity index (χ0n) is 7.35. The summed E-state index contributed by atoms with van der Waals surface area (Å²) in [7, 11) is 0. The molecule has 1 aromatic rings. The largest absolute Gasteiger partial charge is 0.392 e. The van der Waals surface area contributed by atoms with E-state index in [1.54, 1.807) is 0 Å². The Morgan fingerprint density at radius 3 is 2.67 bits per heavy atom. The Bertz CT molecular complexity index is 397. The van der Waals surface area contributed by atoms with Gasteiger partial charge in [-0.25, -0.2) is 8.78 Å². The van der Waals surface area contributed by atoms with Crippen LogP contribution in [0.1, 0.15) is 17.7 Å². The maximum absolute atomic E-state index is 12.4. The molecule has 0 aliphatic heterocycles. The van der Waals surface area contributed by atoms with Gasteiger partial charge < -0.3 is 21.0 Å². The molecule has 0 atom stereocenters. The first-order valence-electron chi connectivity index (χ1n) is 3.80. The second kappa shape index (κ2) is 4.13. The molecule has 0 saturated carbocycles. The van der Waals surface area contributed by atoms with E-state index in [1.807, 2.05) is 0 Å². The van der Waals surface area contributed by atoms with E-state index in [0.717, 1.165) is 6.07 Å². The zero-order chi connectivity index (χ0) is 11.6. The van der Waals surface area contributed by atoms with Gasteiger partial charge >= 0.3 is 5.82 Å². The summed E-state index contributed by atoms with van der Waals surface area (Å²) >= 11 is 0. The maximum atomic E-state index is 12.4. The van der Waals surface area contributed by atoms with Crippen molar-refractivity contribution in [3.63, 3.8) is 0 Å². The van der Waals surface area contributed by atoms with Gasteiger partial charge in [0.1, 0.15) is 12.3 Å². The van der Waals surface area contributed by atoms with Crippen LogP contribution >= 0.6 is 0 Å². The van der Waals surface area contributed by atoms with Crippen molar-refractivity contribution in [2.24, 2.45) is 0 Å². The van der Waals surface area contributed by atoms with Gasteiger partial charge in [-0.2, -0.15) is 0 Å². The number of nitrogen functional groups attached to an aromatic ring is 1. The third kappa shape index (κ3) is 2.15. The van der Waals surface area contributed by atoms with Crippen LogP contribution in [-0.4, -0.2) is 15.0 Å². The number of pyridine rings is 1. The van der Waals surface area contributed by atoms with Gasteiger partial charge in [-0.15, -0.1) is 0 Å². The van der Waals surface area contributed by atoms with Crippen molar-refractivity contribution in [3.8, 4) is 0 Å². The average Bonchev–Trinajstić information content (AvgIpc) is 2.16. The SMILES string of the molecule is Nc1cc(C(F)F)c(CO)nc1[N+](=O)[O-]. The quantitative estimate of drug-likeness (QED) is 0.583. The molecule has 15 heavy (non-hydrogen) atoms. The Hall–Kier alpha value is -1.83. The predicted octanol–water partition coefficient (Wildman–Crippen LogP) is 1.00. The minimum absolute atomic E-state index is 0.439. The molecule has 0 unspecified atom stereocenters. The monoisotopic (exact) mass is 219 g/mol. The second-order valence-corrected chi connectivity index (χ2v) is 2.65. The van der Waals surface area contributed by atoms with Crippen LogP contribution < -0.4 is 5.73 Å². The summed E-state index contributed by atoms with van der Waals surface area (Å²) in [6.07, 6.45) is -2.89. The number of halogens is 2. The molecule has 0 bridgehead atoms. The number of aliphatic hydroxyl groups is 1. The molecule has 8 heteroatoms. The van der Waals surface area contributed by atoms with Gasteiger partial charge in [-0.3, -0.25) is 0 Å². The lowest BCUT2D eigenvalue weighted by Gasteiger charge is -2.04. The highest BCUT2D eigenvalue weighted by Crippen LogP contribution is 2.28. The van der Waals surface area contributed by atoms with Crippen molar-refractivity contribution in [2.45, 2.75) is 13.0 Å². The molecule has 1 rings (SSSR count). The summed E-state index contributed by atoms with van der Waals surface area (Å²) in [5.41, 5.74) is 3.68. The van der Waals surface area contributed by atoms with Crippen LogP contribution in [0.5, 0.6) is 0 Å². The second-order valence-electron chi connectivity index (χ2n) is 2.65. The molecule has 0 aromatic carbocycles. The molecule has 0 aliphatic rings. The van der Waals surface area contributed by atoms with Crippen molar-refractivity contribution in [3.05, 3.63) is 27.4 Å². The van der Waals surface area contributed by atoms with Crippen molar-refractivity contribution >= 4 is 11.5 Å². The smallest absolute Gasteiger partial charge is 0.387 e. The minimum atomic E-state index is -2.89. The number of nitrogens with zero attached hydrogens (tertiary/aromatic N) is 2. The fraction of sp³-hybridized carbons (Fsp3) is 0.286. The number of alkyl halides is 2. The van der Waals surface area contributed by atoms with Crippen molar-refractivity contribution in [1.29, 1.82) is 0 Å². The lowest BCUT2D eigenvalue weighted by atomic mass is 10.2. The molecule has 0 spiro atoms. The molecule has 0 radical (unpaired) electrons. The molecule has 1 aromatic heterocycles.